The Balaban J connectivity index is 2.32. The third-order valence-corrected chi connectivity index (χ3v) is 2.27. The molecule has 3 heteroatoms. The molecule has 0 fully saturated rings. The lowest BCUT2D eigenvalue weighted by Crippen LogP contribution is -2.15. The van der Waals surface area contributed by atoms with Crippen LogP contribution in [0.4, 0.5) is 0 Å². The van der Waals surface area contributed by atoms with Crippen molar-refractivity contribution in [2.45, 2.75) is 12.8 Å². The number of rotatable bonds is 0. The fourth-order valence-corrected chi connectivity index (χ4v) is 1.53. The predicted octanol–water partition coefficient (Wildman–Crippen LogP) is 1.92. The van der Waals surface area contributed by atoms with Gasteiger partial charge in [-0.15, -0.1) is 0 Å². The van der Waals surface area contributed by atoms with Gasteiger partial charge in [-0.25, -0.2) is 0 Å². The van der Waals surface area contributed by atoms with Crippen LogP contribution in [0.15, 0.2) is 18.2 Å². The van der Waals surface area contributed by atoms with Gasteiger partial charge in [0.05, 0.1) is 24.7 Å². The van der Waals surface area contributed by atoms with E-state index < -0.39 is 0 Å². The maximum atomic E-state index is 11.6. The van der Waals surface area contributed by atoms with Gasteiger partial charge >= 0.3 is 0 Å². The maximum absolute atomic E-state index is 11.6. The van der Waals surface area contributed by atoms with Gasteiger partial charge in [0.25, 0.3) is 0 Å². The van der Waals surface area contributed by atoms with Gasteiger partial charge in [-0.05, 0) is 18.2 Å². The third kappa shape index (κ3) is 2.04. The number of fused-ring (bicyclic) bond motifs is 1. The van der Waals surface area contributed by atoms with Crippen LogP contribution < -0.4 is 4.74 Å². The molecule has 0 aliphatic carbocycles. The Morgan fingerprint density at radius 1 is 1.44 bits per heavy atom. The number of benzene rings is 1. The van der Waals surface area contributed by atoms with Crippen LogP contribution in [0.25, 0.3) is 0 Å². The van der Waals surface area contributed by atoms with Crippen LogP contribution in [-0.2, 0) is 0 Å². The summed E-state index contributed by atoms with van der Waals surface area (Å²) in [5.41, 5.74) is 1.34. The van der Waals surface area contributed by atoms with Crippen molar-refractivity contribution in [2.75, 3.05) is 6.61 Å². The van der Waals surface area contributed by atoms with E-state index >= 15 is 0 Å². The zero-order valence-corrected chi connectivity index (χ0v) is 8.62. The number of carbonyl (C=O) groups excluding carboxylic acids is 1. The van der Waals surface area contributed by atoms with Gasteiger partial charge in [0.15, 0.2) is 5.78 Å². The predicted molar refractivity (Wildman–Crippen MR) is 58.0 cm³/mol. The molecule has 0 amide bonds. The Morgan fingerprint density at radius 3 is 3.12 bits per heavy atom. The lowest BCUT2D eigenvalue weighted by Gasteiger charge is -2.15. The Labute approximate surface area is 93.6 Å². The number of ether oxygens (including phenoxy) is 1. The minimum absolute atomic E-state index is 0.0881. The SMILES string of the molecule is N#CCC#Cc1ccc2c(c1)C(=O)CCO2. The summed E-state index contributed by atoms with van der Waals surface area (Å²) in [4.78, 5) is 11.6. The summed E-state index contributed by atoms with van der Waals surface area (Å²) in [5, 5.41) is 8.35. The molecule has 0 saturated heterocycles. The van der Waals surface area contributed by atoms with Gasteiger partial charge in [0, 0.05) is 12.0 Å². The molecule has 1 aromatic rings. The fourth-order valence-electron chi connectivity index (χ4n) is 1.53. The van der Waals surface area contributed by atoms with E-state index in [1.807, 2.05) is 6.07 Å². The standard InChI is InChI=1S/C13H9NO2/c14-7-2-1-3-10-4-5-13-11(9-10)12(15)6-8-16-13/h4-5,9H,2,6,8H2. The number of carbonyl (C=O) groups is 1. The number of ketones is 1. The van der Waals surface area contributed by atoms with E-state index in [2.05, 4.69) is 11.8 Å². The van der Waals surface area contributed by atoms with Crippen molar-refractivity contribution in [2.24, 2.45) is 0 Å². The van der Waals surface area contributed by atoms with Crippen LogP contribution in [0.5, 0.6) is 5.75 Å². The van der Waals surface area contributed by atoms with Crippen LogP contribution in [-0.4, -0.2) is 12.4 Å². The first-order chi connectivity index (χ1) is 7.81. The molecule has 0 unspecified atom stereocenters. The molecule has 2 rings (SSSR count). The molecule has 78 valence electrons. The summed E-state index contributed by atoms with van der Waals surface area (Å²) < 4.78 is 5.35. The summed E-state index contributed by atoms with van der Waals surface area (Å²) in [7, 11) is 0. The number of nitriles is 1. The van der Waals surface area contributed by atoms with E-state index in [9.17, 15) is 4.79 Å². The first-order valence-electron chi connectivity index (χ1n) is 4.97. The van der Waals surface area contributed by atoms with Gasteiger partial charge in [-0.3, -0.25) is 4.79 Å². The molecule has 16 heavy (non-hydrogen) atoms. The maximum Gasteiger partial charge on any atom is 0.170 e. The van der Waals surface area contributed by atoms with E-state index in [1.165, 1.54) is 0 Å². The van der Waals surface area contributed by atoms with Crippen LogP contribution in [0, 0.1) is 23.2 Å². The summed E-state index contributed by atoms with van der Waals surface area (Å²) in [6.07, 6.45) is 0.615. The Hall–Kier alpha value is -2.26. The molecule has 1 aromatic carbocycles. The van der Waals surface area contributed by atoms with Crippen molar-refractivity contribution < 1.29 is 9.53 Å². The van der Waals surface area contributed by atoms with Gasteiger partial charge in [-0.2, -0.15) is 5.26 Å². The lowest BCUT2D eigenvalue weighted by molar-refractivity contribution is 0.0933. The topological polar surface area (TPSA) is 50.1 Å². The molecule has 1 heterocycles. The quantitative estimate of drug-likeness (QED) is 0.616. The summed E-state index contributed by atoms with van der Waals surface area (Å²) in [6.45, 7) is 0.450. The number of Topliss-reactive ketones (excluding diaryl/α,β-unsaturated/α-hetero) is 1. The fraction of sp³-hybridized carbons (Fsp3) is 0.231. The van der Waals surface area contributed by atoms with Crippen molar-refractivity contribution in [1.82, 2.24) is 0 Å². The highest BCUT2D eigenvalue weighted by molar-refractivity contribution is 5.99. The Bertz CT molecular complexity index is 529. The highest BCUT2D eigenvalue weighted by Gasteiger charge is 2.17. The van der Waals surface area contributed by atoms with E-state index in [-0.39, 0.29) is 12.2 Å². The number of nitrogens with zero attached hydrogens (tertiary/aromatic N) is 1. The first-order valence-corrected chi connectivity index (χ1v) is 4.97. The van der Waals surface area contributed by atoms with Crippen molar-refractivity contribution in [1.29, 1.82) is 5.26 Å². The Morgan fingerprint density at radius 2 is 2.31 bits per heavy atom. The van der Waals surface area contributed by atoms with Gasteiger partial charge in [0.1, 0.15) is 5.75 Å². The van der Waals surface area contributed by atoms with Crippen LogP contribution in [0.2, 0.25) is 0 Å². The molecule has 0 aromatic heterocycles. The highest BCUT2D eigenvalue weighted by atomic mass is 16.5. The monoisotopic (exact) mass is 211 g/mol. The minimum Gasteiger partial charge on any atom is -0.492 e. The molecule has 3 nitrogen and oxygen atoms in total. The lowest BCUT2D eigenvalue weighted by atomic mass is 10.0. The zero-order chi connectivity index (χ0) is 11.4. The van der Waals surface area contributed by atoms with Gasteiger partial charge in [0.2, 0.25) is 0 Å². The van der Waals surface area contributed by atoms with Gasteiger partial charge in [-0.1, -0.05) is 11.8 Å². The van der Waals surface area contributed by atoms with Crippen LogP contribution in [0.1, 0.15) is 28.8 Å². The Kier molecular flexibility index (Phi) is 2.89. The molecular weight excluding hydrogens is 202 g/mol. The average Bonchev–Trinajstić information content (AvgIpc) is 2.30. The summed E-state index contributed by atoms with van der Waals surface area (Å²) >= 11 is 0. The molecule has 0 spiro atoms. The van der Waals surface area contributed by atoms with E-state index in [4.69, 9.17) is 10.00 Å². The minimum atomic E-state index is 0.0881. The zero-order valence-electron chi connectivity index (χ0n) is 8.62. The average molecular weight is 211 g/mol. The molecule has 0 atom stereocenters. The second-order valence-electron chi connectivity index (χ2n) is 3.37. The second-order valence-corrected chi connectivity index (χ2v) is 3.37. The van der Waals surface area contributed by atoms with Gasteiger partial charge < -0.3 is 4.74 Å². The smallest absolute Gasteiger partial charge is 0.170 e. The van der Waals surface area contributed by atoms with Crippen molar-refractivity contribution in [3.8, 4) is 23.7 Å². The normalized spacial score (nSPS) is 12.8. The van der Waals surface area contributed by atoms with Crippen LogP contribution in [0.3, 0.4) is 0 Å². The van der Waals surface area contributed by atoms with Crippen molar-refractivity contribution in [3.05, 3.63) is 29.3 Å². The van der Waals surface area contributed by atoms with E-state index in [0.29, 0.717) is 24.3 Å². The third-order valence-electron chi connectivity index (χ3n) is 2.27. The molecular formula is C13H9NO2. The molecule has 0 saturated carbocycles. The van der Waals surface area contributed by atoms with Crippen molar-refractivity contribution >= 4 is 5.78 Å². The first kappa shape index (κ1) is 10.3. The summed E-state index contributed by atoms with van der Waals surface area (Å²) in [6, 6.07) is 7.21. The molecule has 0 N–H and O–H groups in total. The number of hydrogen-bond acceptors (Lipinski definition) is 3. The molecule has 1 aliphatic rings. The molecule has 1 aliphatic heterocycles. The van der Waals surface area contributed by atoms with E-state index in [1.54, 1.807) is 18.2 Å². The number of hydrogen-bond donors (Lipinski definition) is 0. The molecule has 0 bridgehead atoms. The molecule has 0 radical (unpaired) electrons. The largest absolute Gasteiger partial charge is 0.492 e. The van der Waals surface area contributed by atoms with Crippen LogP contribution >= 0.6 is 0 Å². The highest BCUT2D eigenvalue weighted by Crippen LogP contribution is 2.25. The van der Waals surface area contributed by atoms with E-state index in [0.717, 1.165) is 5.56 Å². The van der Waals surface area contributed by atoms with Crippen molar-refractivity contribution in [3.63, 3.8) is 0 Å². The summed E-state index contributed by atoms with van der Waals surface area (Å²) in [5.74, 6) is 6.26. The second kappa shape index (κ2) is 4.51.